The Labute approximate surface area is 137 Å². The zero-order valence-corrected chi connectivity index (χ0v) is 14.0. The van der Waals surface area contributed by atoms with E-state index in [1.165, 1.54) is 0 Å². The van der Waals surface area contributed by atoms with E-state index in [-0.39, 0.29) is 30.8 Å². The Bertz CT molecular complexity index is 349. The molecule has 2 amide bonds. The van der Waals surface area contributed by atoms with E-state index in [1.54, 1.807) is 13.8 Å². The van der Waals surface area contributed by atoms with Crippen molar-refractivity contribution in [3.63, 3.8) is 0 Å². The van der Waals surface area contributed by atoms with Crippen molar-refractivity contribution in [2.24, 2.45) is 0 Å². The lowest BCUT2D eigenvalue weighted by Crippen LogP contribution is -2.31. The summed E-state index contributed by atoms with van der Waals surface area (Å²) in [6.07, 6.45) is 0.908. The average Bonchev–Trinajstić information content (AvgIpc) is 2.56. The van der Waals surface area contributed by atoms with Gasteiger partial charge in [-0.15, -0.1) is 0 Å². The van der Waals surface area contributed by atoms with Crippen molar-refractivity contribution in [3.05, 3.63) is 0 Å². The molecule has 0 aliphatic carbocycles. The number of rotatable bonds is 15. The molecule has 0 aliphatic rings. The van der Waals surface area contributed by atoms with Crippen LogP contribution >= 0.6 is 0 Å². The first-order valence-electron chi connectivity index (χ1n) is 7.88. The van der Waals surface area contributed by atoms with Gasteiger partial charge in [-0.05, 0) is 0 Å². The van der Waals surface area contributed by atoms with Crippen molar-refractivity contribution in [2.75, 3.05) is 52.7 Å². The van der Waals surface area contributed by atoms with Gasteiger partial charge in [-0.25, -0.2) is 0 Å². The number of hydrogen-bond acceptors (Lipinski definition) is 6. The Balaban J connectivity index is 3.27. The van der Waals surface area contributed by atoms with Crippen LogP contribution in [0.25, 0.3) is 0 Å². The predicted molar refractivity (Wildman–Crippen MR) is 84.1 cm³/mol. The highest BCUT2D eigenvalue weighted by Crippen LogP contribution is 1.83. The largest absolute Gasteiger partial charge is 0.377 e. The Hall–Kier alpha value is -1.51. The van der Waals surface area contributed by atoms with Crippen LogP contribution in [0.5, 0.6) is 0 Å². The summed E-state index contributed by atoms with van der Waals surface area (Å²) >= 11 is 0. The molecule has 0 rings (SSSR count). The standard InChI is InChI=1S/C15H28N2O6/c1-3-13(18)11-22-8-6-17-15(20)12-23-10-9-21-7-5-16-14(19)4-2/h3-12H2,1-2H3,(H,16,19)(H,17,20). The minimum absolute atomic E-state index is 0.00967. The van der Waals surface area contributed by atoms with Crippen LogP contribution in [0.15, 0.2) is 0 Å². The Kier molecular flexibility index (Phi) is 14.4. The third-order valence-electron chi connectivity index (χ3n) is 2.72. The molecule has 0 aromatic carbocycles. The topological polar surface area (TPSA) is 103 Å². The Morgan fingerprint density at radius 2 is 1.26 bits per heavy atom. The van der Waals surface area contributed by atoms with E-state index in [0.717, 1.165) is 0 Å². The predicted octanol–water partition coefficient (Wildman–Crippen LogP) is -0.342. The molecule has 0 aliphatic heterocycles. The molecule has 0 saturated carbocycles. The highest BCUT2D eigenvalue weighted by molar-refractivity contribution is 5.79. The van der Waals surface area contributed by atoms with Crippen LogP contribution in [0, 0.1) is 0 Å². The highest BCUT2D eigenvalue weighted by Gasteiger charge is 2.02. The van der Waals surface area contributed by atoms with Gasteiger partial charge in [0.2, 0.25) is 11.8 Å². The van der Waals surface area contributed by atoms with Crippen LogP contribution in [-0.4, -0.2) is 70.3 Å². The van der Waals surface area contributed by atoms with Crippen molar-refractivity contribution in [3.8, 4) is 0 Å². The molecule has 0 saturated heterocycles. The first-order valence-corrected chi connectivity index (χ1v) is 7.88. The van der Waals surface area contributed by atoms with Gasteiger partial charge in [0.25, 0.3) is 0 Å². The number of carbonyl (C=O) groups is 3. The molecule has 2 N–H and O–H groups in total. The minimum atomic E-state index is -0.245. The first kappa shape index (κ1) is 21.5. The SMILES string of the molecule is CCC(=O)COCCNC(=O)COCCOCCNC(=O)CC. The molecule has 23 heavy (non-hydrogen) atoms. The number of hydrogen-bond donors (Lipinski definition) is 2. The van der Waals surface area contributed by atoms with E-state index >= 15 is 0 Å². The van der Waals surface area contributed by atoms with E-state index in [1.807, 2.05) is 0 Å². The second-order valence-corrected chi connectivity index (χ2v) is 4.66. The summed E-state index contributed by atoms with van der Waals surface area (Å²) in [5.41, 5.74) is 0. The van der Waals surface area contributed by atoms with Crippen LogP contribution < -0.4 is 10.6 Å². The van der Waals surface area contributed by atoms with E-state index in [9.17, 15) is 14.4 Å². The van der Waals surface area contributed by atoms with Crippen LogP contribution in [-0.2, 0) is 28.6 Å². The maximum absolute atomic E-state index is 11.4. The molecular formula is C15H28N2O6. The van der Waals surface area contributed by atoms with Crippen molar-refractivity contribution in [1.29, 1.82) is 0 Å². The molecule has 0 aromatic rings. The van der Waals surface area contributed by atoms with Gasteiger partial charge in [0.1, 0.15) is 13.2 Å². The third-order valence-corrected chi connectivity index (χ3v) is 2.72. The van der Waals surface area contributed by atoms with E-state index in [0.29, 0.717) is 52.4 Å². The Morgan fingerprint density at radius 1 is 0.696 bits per heavy atom. The molecule has 8 nitrogen and oxygen atoms in total. The molecule has 0 atom stereocenters. The Morgan fingerprint density at radius 3 is 1.91 bits per heavy atom. The fraction of sp³-hybridized carbons (Fsp3) is 0.800. The number of nitrogens with one attached hydrogen (secondary N) is 2. The van der Waals surface area contributed by atoms with Gasteiger partial charge in [0, 0.05) is 25.9 Å². The number of carbonyl (C=O) groups excluding carboxylic acids is 3. The maximum Gasteiger partial charge on any atom is 0.246 e. The quantitative estimate of drug-likeness (QED) is 0.398. The zero-order chi connectivity index (χ0) is 17.3. The summed E-state index contributed by atoms with van der Waals surface area (Å²) in [5, 5.41) is 5.30. The van der Waals surface area contributed by atoms with Gasteiger partial charge in [-0.3, -0.25) is 14.4 Å². The molecule has 0 unspecified atom stereocenters. The maximum atomic E-state index is 11.4. The van der Waals surface area contributed by atoms with Crippen molar-refractivity contribution < 1.29 is 28.6 Å². The van der Waals surface area contributed by atoms with Gasteiger partial charge in [-0.2, -0.15) is 0 Å². The van der Waals surface area contributed by atoms with E-state index < -0.39 is 0 Å². The summed E-state index contributed by atoms with van der Waals surface area (Å²) in [6, 6.07) is 0. The highest BCUT2D eigenvalue weighted by atomic mass is 16.5. The molecule has 0 bridgehead atoms. The third kappa shape index (κ3) is 15.2. The van der Waals surface area contributed by atoms with Crippen LogP contribution in [0.1, 0.15) is 26.7 Å². The van der Waals surface area contributed by atoms with Gasteiger partial charge < -0.3 is 24.8 Å². The molecule has 0 spiro atoms. The first-order chi connectivity index (χ1) is 11.1. The van der Waals surface area contributed by atoms with Crippen LogP contribution in [0.2, 0.25) is 0 Å². The smallest absolute Gasteiger partial charge is 0.246 e. The molecular weight excluding hydrogens is 304 g/mol. The van der Waals surface area contributed by atoms with Gasteiger partial charge in [0.05, 0.1) is 26.4 Å². The van der Waals surface area contributed by atoms with Gasteiger partial charge in [0.15, 0.2) is 5.78 Å². The monoisotopic (exact) mass is 332 g/mol. The van der Waals surface area contributed by atoms with Crippen molar-refractivity contribution in [1.82, 2.24) is 10.6 Å². The molecule has 134 valence electrons. The summed E-state index contributed by atoms with van der Waals surface area (Å²) < 4.78 is 15.5. The minimum Gasteiger partial charge on any atom is -0.377 e. The van der Waals surface area contributed by atoms with Crippen molar-refractivity contribution in [2.45, 2.75) is 26.7 Å². The van der Waals surface area contributed by atoms with Gasteiger partial charge in [-0.1, -0.05) is 13.8 Å². The molecule has 8 heteroatoms. The van der Waals surface area contributed by atoms with Gasteiger partial charge >= 0.3 is 0 Å². The summed E-state index contributed by atoms with van der Waals surface area (Å²) in [4.78, 5) is 33.3. The fourth-order valence-corrected chi connectivity index (χ4v) is 1.37. The van der Waals surface area contributed by atoms with E-state index in [4.69, 9.17) is 14.2 Å². The average molecular weight is 332 g/mol. The number of ketones is 1. The lowest BCUT2D eigenvalue weighted by molar-refractivity contribution is -0.126. The molecule has 0 fully saturated rings. The zero-order valence-electron chi connectivity index (χ0n) is 14.0. The lowest BCUT2D eigenvalue weighted by atomic mass is 10.3. The lowest BCUT2D eigenvalue weighted by Gasteiger charge is -2.08. The molecule has 0 radical (unpaired) electrons. The summed E-state index contributed by atoms with van der Waals surface area (Å²) in [7, 11) is 0. The summed E-state index contributed by atoms with van der Waals surface area (Å²) in [6.45, 7) is 5.76. The molecule has 0 heterocycles. The van der Waals surface area contributed by atoms with Crippen molar-refractivity contribution >= 4 is 17.6 Å². The number of amides is 2. The van der Waals surface area contributed by atoms with E-state index in [2.05, 4.69) is 10.6 Å². The normalized spacial score (nSPS) is 10.3. The summed E-state index contributed by atoms with van der Waals surface area (Å²) in [5.74, 6) is -0.218. The number of Topliss-reactive ketones (excluding diaryl/α,β-unsaturated/α-hetero) is 1. The number of ether oxygens (including phenoxy) is 3. The second kappa shape index (κ2) is 15.4. The van der Waals surface area contributed by atoms with Crippen LogP contribution in [0.4, 0.5) is 0 Å². The molecule has 0 aromatic heterocycles. The van der Waals surface area contributed by atoms with Crippen LogP contribution in [0.3, 0.4) is 0 Å². The fourth-order valence-electron chi connectivity index (χ4n) is 1.37. The second-order valence-electron chi connectivity index (χ2n) is 4.66.